The molecule has 126 valence electrons. The Labute approximate surface area is 137 Å². The second-order valence-corrected chi connectivity index (χ2v) is 6.52. The fraction of sp³-hybridized carbons (Fsp3) is 0.611. The minimum atomic E-state index is -0.0472. The first-order valence-electron chi connectivity index (χ1n) is 8.62. The average Bonchev–Trinajstić information content (AvgIpc) is 2.58. The third-order valence-electron chi connectivity index (χ3n) is 4.48. The second kappa shape index (κ2) is 7.68. The Balaban J connectivity index is 1.42. The van der Waals surface area contributed by atoms with Crippen molar-refractivity contribution in [3.8, 4) is 11.5 Å². The first-order chi connectivity index (χ1) is 11.2. The zero-order valence-electron chi connectivity index (χ0n) is 13.8. The number of amides is 1. The number of fused-ring (bicyclic) bond motifs is 1. The van der Waals surface area contributed by atoms with Crippen LogP contribution in [0.25, 0.3) is 0 Å². The van der Waals surface area contributed by atoms with E-state index < -0.39 is 0 Å². The molecule has 5 nitrogen and oxygen atoms in total. The highest BCUT2D eigenvalue weighted by Gasteiger charge is 2.16. The van der Waals surface area contributed by atoms with Crippen LogP contribution in [0.3, 0.4) is 0 Å². The first-order valence-corrected chi connectivity index (χ1v) is 8.62. The van der Waals surface area contributed by atoms with Gasteiger partial charge in [0.25, 0.3) is 5.91 Å². The number of nitrogens with zero attached hydrogens (tertiary/aromatic N) is 1. The Kier molecular flexibility index (Phi) is 5.39. The zero-order chi connectivity index (χ0) is 16.1. The van der Waals surface area contributed by atoms with Gasteiger partial charge in [0.1, 0.15) is 13.2 Å². The highest BCUT2D eigenvalue weighted by atomic mass is 16.6. The third kappa shape index (κ3) is 4.38. The lowest BCUT2D eigenvalue weighted by molar-refractivity contribution is 0.0949. The van der Waals surface area contributed by atoms with Gasteiger partial charge in [-0.15, -0.1) is 0 Å². The van der Waals surface area contributed by atoms with Crippen LogP contribution in [0, 0.1) is 5.92 Å². The molecule has 2 aliphatic rings. The molecule has 1 fully saturated rings. The number of hydrogen-bond acceptors (Lipinski definition) is 4. The number of rotatable bonds is 5. The molecule has 1 aromatic carbocycles. The van der Waals surface area contributed by atoms with Gasteiger partial charge in [0.2, 0.25) is 0 Å². The van der Waals surface area contributed by atoms with Crippen molar-refractivity contribution in [3.05, 3.63) is 23.8 Å². The van der Waals surface area contributed by atoms with Crippen molar-refractivity contribution in [2.24, 2.45) is 5.92 Å². The summed E-state index contributed by atoms with van der Waals surface area (Å²) in [5.41, 5.74) is 0.626. The standard InChI is InChI=1S/C18H26N2O3/c1-14-4-2-8-20(13-14)9-3-7-19-18(21)15-5-6-16-17(12-15)23-11-10-22-16/h5-6,12,14H,2-4,7-11,13H2,1H3,(H,19,21). The van der Waals surface area contributed by atoms with E-state index in [0.29, 0.717) is 36.8 Å². The molecule has 0 bridgehead atoms. The van der Waals surface area contributed by atoms with E-state index in [1.54, 1.807) is 18.2 Å². The predicted octanol–water partition coefficient (Wildman–Crippen LogP) is 2.31. The summed E-state index contributed by atoms with van der Waals surface area (Å²) < 4.78 is 11.0. The predicted molar refractivity (Wildman–Crippen MR) is 89.2 cm³/mol. The summed E-state index contributed by atoms with van der Waals surface area (Å²) >= 11 is 0. The van der Waals surface area contributed by atoms with Crippen molar-refractivity contribution < 1.29 is 14.3 Å². The highest BCUT2D eigenvalue weighted by molar-refractivity contribution is 5.94. The van der Waals surface area contributed by atoms with Gasteiger partial charge < -0.3 is 19.7 Å². The van der Waals surface area contributed by atoms with E-state index in [9.17, 15) is 4.79 Å². The molecule has 1 atom stereocenters. The number of likely N-dealkylation sites (tertiary alicyclic amines) is 1. The molecule has 3 rings (SSSR count). The van der Waals surface area contributed by atoms with Crippen LogP contribution in [0.5, 0.6) is 11.5 Å². The maximum atomic E-state index is 12.2. The monoisotopic (exact) mass is 318 g/mol. The molecule has 5 heteroatoms. The van der Waals surface area contributed by atoms with Crippen molar-refractivity contribution in [2.75, 3.05) is 39.4 Å². The van der Waals surface area contributed by atoms with Gasteiger partial charge in [0.15, 0.2) is 11.5 Å². The van der Waals surface area contributed by atoms with Gasteiger partial charge in [0, 0.05) is 18.7 Å². The summed E-state index contributed by atoms with van der Waals surface area (Å²) in [7, 11) is 0. The van der Waals surface area contributed by atoms with Gasteiger partial charge in [-0.25, -0.2) is 0 Å². The normalized spacial score (nSPS) is 21.0. The van der Waals surface area contributed by atoms with E-state index in [1.807, 2.05) is 0 Å². The second-order valence-electron chi connectivity index (χ2n) is 6.52. The Morgan fingerprint density at radius 1 is 1.30 bits per heavy atom. The molecule has 0 aromatic heterocycles. The molecule has 2 aliphatic heterocycles. The summed E-state index contributed by atoms with van der Waals surface area (Å²) in [6.07, 6.45) is 3.63. The first kappa shape index (κ1) is 16.1. The summed E-state index contributed by atoms with van der Waals surface area (Å²) in [4.78, 5) is 14.7. The molecular formula is C18H26N2O3. The molecular weight excluding hydrogens is 292 g/mol. The molecule has 0 radical (unpaired) electrons. The molecule has 1 saturated heterocycles. The minimum absolute atomic E-state index is 0.0472. The van der Waals surface area contributed by atoms with Gasteiger partial charge in [-0.05, 0) is 56.5 Å². The highest BCUT2D eigenvalue weighted by Crippen LogP contribution is 2.30. The van der Waals surface area contributed by atoms with E-state index in [-0.39, 0.29) is 5.91 Å². The maximum Gasteiger partial charge on any atom is 0.251 e. The number of ether oxygens (including phenoxy) is 2. The van der Waals surface area contributed by atoms with Gasteiger partial charge in [-0.1, -0.05) is 6.92 Å². The molecule has 1 unspecified atom stereocenters. The van der Waals surface area contributed by atoms with Crippen LogP contribution in [0.15, 0.2) is 18.2 Å². The van der Waals surface area contributed by atoms with Crippen molar-refractivity contribution in [2.45, 2.75) is 26.2 Å². The minimum Gasteiger partial charge on any atom is -0.486 e. The van der Waals surface area contributed by atoms with E-state index >= 15 is 0 Å². The van der Waals surface area contributed by atoms with Crippen LogP contribution in [0.4, 0.5) is 0 Å². The molecule has 1 amide bonds. The summed E-state index contributed by atoms with van der Waals surface area (Å²) in [6, 6.07) is 5.35. The lowest BCUT2D eigenvalue weighted by Gasteiger charge is -2.30. The van der Waals surface area contributed by atoms with Crippen molar-refractivity contribution in [1.82, 2.24) is 10.2 Å². The van der Waals surface area contributed by atoms with Crippen LogP contribution in [0.1, 0.15) is 36.5 Å². The molecule has 0 spiro atoms. The smallest absolute Gasteiger partial charge is 0.251 e. The third-order valence-corrected chi connectivity index (χ3v) is 4.48. The van der Waals surface area contributed by atoms with Crippen molar-refractivity contribution in [1.29, 1.82) is 0 Å². The molecule has 2 heterocycles. The van der Waals surface area contributed by atoms with Gasteiger partial charge in [0.05, 0.1) is 0 Å². The Bertz CT molecular complexity index is 547. The van der Waals surface area contributed by atoms with E-state index in [1.165, 1.54) is 25.9 Å². The summed E-state index contributed by atoms with van der Waals surface area (Å²) in [6.45, 7) is 7.57. The van der Waals surface area contributed by atoms with E-state index in [4.69, 9.17) is 9.47 Å². The van der Waals surface area contributed by atoms with Crippen molar-refractivity contribution in [3.63, 3.8) is 0 Å². The molecule has 0 aliphatic carbocycles. The van der Waals surface area contributed by atoms with Gasteiger partial charge in [-0.3, -0.25) is 4.79 Å². The Morgan fingerprint density at radius 3 is 2.96 bits per heavy atom. The van der Waals surface area contributed by atoms with Crippen molar-refractivity contribution >= 4 is 5.91 Å². The number of nitrogens with one attached hydrogen (secondary N) is 1. The Hall–Kier alpha value is -1.75. The number of carbonyl (C=O) groups is 1. The Morgan fingerprint density at radius 2 is 2.13 bits per heavy atom. The maximum absolute atomic E-state index is 12.2. The van der Waals surface area contributed by atoms with Crippen LogP contribution >= 0.6 is 0 Å². The van der Waals surface area contributed by atoms with Crippen LogP contribution in [-0.4, -0.2) is 50.2 Å². The molecule has 0 saturated carbocycles. The average molecular weight is 318 g/mol. The van der Waals surface area contributed by atoms with E-state index in [2.05, 4.69) is 17.1 Å². The number of carbonyl (C=O) groups excluding carboxylic acids is 1. The van der Waals surface area contributed by atoms with Gasteiger partial charge >= 0.3 is 0 Å². The van der Waals surface area contributed by atoms with Crippen LogP contribution in [0.2, 0.25) is 0 Å². The molecule has 1 aromatic rings. The summed E-state index contributed by atoms with van der Waals surface area (Å²) in [5, 5.41) is 2.99. The van der Waals surface area contributed by atoms with Crippen LogP contribution in [-0.2, 0) is 0 Å². The van der Waals surface area contributed by atoms with E-state index in [0.717, 1.165) is 18.9 Å². The zero-order valence-corrected chi connectivity index (χ0v) is 13.8. The largest absolute Gasteiger partial charge is 0.486 e. The number of hydrogen-bond donors (Lipinski definition) is 1. The SMILES string of the molecule is CC1CCCN(CCCNC(=O)c2ccc3c(c2)OCCO3)C1. The molecule has 1 N–H and O–H groups in total. The topological polar surface area (TPSA) is 50.8 Å². The lowest BCUT2D eigenvalue weighted by Crippen LogP contribution is -2.36. The van der Waals surface area contributed by atoms with Gasteiger partial charge in [-0.2, -0.15) is 0 Å². The molecule has 23 heavy (non-hydrogen) atoms. The van der Waals surface area contributed by atoms with Crippen LogP contribution < -0.4 is 14.8 Å². The lowest BCUT2D eigenvalue weighted by atomic mass is 10.0. The number of piperidine rings is 1. The fourth-order valence-corrected chi connectivity index (χ4v) is 3.28. The summed E-state index contributed by atoms with van der Waals surface area (Å²) in [5.74, 6) is 2.13. The fourth-order valence-electron chi connectivity index (χ4n) is 3.28. The quantitative estimate of drug-likeness (QED) is 0.847. The number of benzene rings is 1.